The van der Waals surface area contributed by atoms with Gasteiger partial charge < -0.3 is 19.9 Å². The van der Waals surface area contributed by atoms with Crippen LogP contribution in [0.1, 0.15) is 26.0 Å². The van der Waals surface area contributed by atoms with Crippen molar-refractivity contribution in [3.05, 3.63) is 29.3 Å². The number of benzene rings is 1. The number of carbonyl (C=O) groups is 2. The quantitative estimate of drug-likeness (QED) is 0.733. The van der Waals surface area contributed by atoms with Crippen LogP contribution >= 0.6 is 11.3 Å². The summed E-state index contributed by atoms with van der Waals surface area (Å²) in [5, 5.41) is 14.3. The molecule has 1 heterocycles. The molecule has 26 heavy (non-hydrogen) atoms. The smallest absolute Gasteiger partial charge is 0.329 e. The van der Waals surface area contributed by atoms with E-state index in [1.165, 1.54) is 18.3 Å². The third kappa shape index (κ3) is 4.32. The molecule has 0 aliphatic rings. The number of carboxylic acid groups (broad SMARTS) is 1. The average Bonchev–Trinajstić information content (AvgIpc) is 3.08. The molecule has 0 saturated carbocycles. The molecule has 1 aromatic carbocycles. The van der Waals surface area contributed by atoms with E-state index in [4.69, 9.17) is 9.47 Å². The van der Waals surface area contributed by atoms with Crippen molar-refractivity contribution in [1.29, 1.82) is 0 Å². The summed E-state index contributed by atoms with van der Waals surface area (Å²) >= 11 is 1.40. The average molecular weight is 378 g/mol. The van der Waals surface area contributed by atoms with Gasteiger partial charge in [-0.25, -0.2) is 9.78 Å². The number of nitrogens with zero attached hydrogens (tertiary/aromatic N) is 1. The molecular weight excluding hydrogens is 356 g/mol. The Morgan fingerprint density at radius 3 is 2.54 bits per heavy atom. The first-order chi connectivity index (χ1) is 12.3. The molecule has 0 aliphatic heterocycles. The molecule has 2 aromatic rings. The van der Waals surface area contributed by atoms with Crippen LogP contribution in [0, 0.1) is 0 Å². The maximum absolute atomic E-state index is 12.2. The molecule has 140 valence electrons. The van der Waals surface area contributed by atoms with Crippen LogP contribution in [0.3, 0.4) is 0 Å². The Morgan fingerprint density at radius 1 is 1.27 bits per heavy atom. The van der Waals surface area contributed by atoms with E-state index in [9.17, 15) is 14.7 Å². The van der Waals surface area contributed by atoms with Gasteiger partial charge in [-0.3, -0.25) is 4.79 Å². The van der Waals surface area contributed by atoms with Crippen molar-refractivity contribution in [2.75, 3.05) is 14.2 Å². The topological polar surface area (TPSA) is 97.8 Å². The summed E-state index contributed by atoms with van der Waals surface area (Å²) in [7, 11) is 3.13. The molecule has 7 nitrogen and oxygen atoms in total. The van der Waals surface area contributed by atoms with Crippen LogP contribution in [-0.4, -0.2) is 41.7 Å². The predicted octanol–water partition coefficient (Wildman–Crippen LogP) is 2.74. The number of amides is 1. The Balaban J connectivity index is 2.13. The largest absolute Gasteiger partial charge is 0.493 e. The molecular formula is C18H22N2O5S. The number of aliphatic carboxylic acids is 1. The summed E-state index contributed by atoms with van der Waals surface area (Å²) in [6.45, 7) is 3.20. The SMILES string of the molecule is CCC(C)(NC(=O)Cc1csc(-c2ccc(OC)c(OC)c2)n1)C(=O)O. The summed E-state index contributed by atoms with van der Waals surface area (Å²) < 4.78 is 10.5. The van der Waals surface area contributed by atoms with Crippen molar-refractivity contribution in [3.63, 3.8) is 0 Å². The minimum atomic E-state index is -1.28. The number of ether oxygens (including phenoxy) is 2. The van der Waals surface area contributed by atoms with Crippen molar-refractivity contribution in [3.8, 4) is 22.1 Å². The van der Waals surface area contributed by atoms with Crippen LogP contribution < -0.4 is 14.8 Å². The lowest BCUT2D eigenvalue weighted by atomic mass is 9.99. The maximum Gasteiger partial charge on any atom is 0.329 e. The van der Waals surface area contributed by atoms with E-state index < -0.39 is 11.5 Å². The highest BCUT2D eigenvalue weighted by Crippen LogP contribution is 2.33. The Hall–Kier alpha value is -2.61. The standard InChI is InChI=1S/C18H22N2O5S/c1-5-18(2,17(22)23)20-15(21)9-12-10-26-16(19-12)11-6-7-13(24-3)14(8-11)25-4/h6-8,10H,5,9H2,1-4H3,(H,20,21)(H,22,23). The number of carboxylic acids is 1. The number of aromatic nitrogens is 1. The first kappa shape index (κ1) is 19.7. The minimum absolute atomic E-state index is 0.0205. The van der Waals surface area contributed by atoms with Crippen molar-refractivity contribution >= 4 is 23.2 Å². The van der Waals surface area contributed by atoms with Gasteiger partial charge in [0.25, 0.3) is 0 Å². The van der Waals surface area contributed by atoms with Crippen LogP contribution in [-0.2, 0) is 16.0 Å². The van der Waals surface area contributed by atoms with E-state index in [1.54, 1.807) is 32.6 Å². The molecule has 8 heteroatoms. The van der Waals surface area contributed by atoms with E-state index in [0.717, 1.165) is 10.6 Å². The molecule has 2 N–H and O–H groups in total. The molecule has 0 radical (unpaired) electrons. The van der Waals surface area contributed by atoms with Gasteiger partial charge in [-0.15, -0.1) is 11.3 Å². The third-order valence-corrected chi connectivity index (χ3v) is 5.06. The van der Waals surface area contributed by atoms with E-state index in [0.29, 0.717) is 23.6 Å². The van der Waals surface area contributed by atoms with Gasteiger partial charge in [0.15, 0.2) is 11.5 Å². The van der Waals surface area contributed by atoms with Gasteiger partial charge in [-0.05, 0) is 31.5 Å². The van der Waals surface area contributed by atoms with Crippen molar-refractivity contribution in [2.24, 2.45) is 0 Å². The zero-order valence-corrected chi connectivity index (χ0v) is 16.0. The number of hydrogen-bond acceptors (Lipinski definition) is 6. The number of thiazole rings is 1. The highest BCUT2D eigenvalue weighted by atomic mass is 32.1. The molecule has 0 spiro atoms. The van der Waals surface area contributed by atoms with Crippen LogP contribution in [0.15, 0.2) is 23.6 Å². The number of hydrogen-bond donors (Lipinski definition) is 2. The Morgan fingerprint density at radius 2 is 1.96 bits per heavy atom. The van der Waals surface area contributed by atoms with Crippen molar-refractivity contribution in [1.82, 2.24) is 10.3 Å². The third-order valence-electron chi connectivity index (χ3n) is 4.12. The van der Waals surface area contributed by atoms with E-state index >= 15 is 0 Å². The Labute approximate surface area is 156 Å². The molecule has 0 saturated heterocycles. The lowest BCUT2D eigenvalue weighted by Crippen LogP contribution is -2.52. The first-order valence-corrected chi connectivity index (χ1v) is 8.92. The van der Waals surface area contributed by atoms with Crippen LogP contribution in [0.4, 0.5) is 0 Å². The van der Waals surface area contributed by atoms with Crippen molar-refractivity contribution in [2.45, 2.75) is 32.2 Å². The molecule has 0 bridgehead atoms. The molecule has 1 unspecified atom stereocenters. The van der Waals surface area contributed by atoms with Gasteiger partial charge >= 0.3 is 5.97 Å². The molecule has 2 rings (SSSR count). The summed E-state index contributed by atoms with van der Waals surface area (Å²) in [6, 6.07) is 5.48. The van der Waals surface area contributed by atoms with Crippen molar-refractivity contribution < 1.29 is 24.2 Å². The van der Waals surface area contributed by atoms with Crippen LogP contribution in [0.25, 0.3) is 10.6 Å². The number of methoxy groups -OCH3 is 2. The molecule has 0 aliphatic carbocycles. The lowest BCUT2D eigenvalue weighted by molar-refractivity contribution is -0.146. The number of rotatable bonds is 8. The highest BCUT2D eigenvalue weighted by Gasteiger charge is 2.32. The van der Waals surface area contributed by atoms with Gasteiger partial charge in [-0.2, -0.15) is 0 Å². The molecule has 1 atom stereocenters. The lowest BCUT2D eigenvalue weighted by Gasteiger charge is -2.24. The van der Waals surface area contributed by atoms with Gasteiger partial charge in [-0.1, -0.05) is 6.92 Å². The Bertz CT molecular complexity index is 805. The number of carbonyl (C=O) groups excluding carboxylic acids is 1. The maximum atomic E-state index is 12.2. The van der Waals surface area contributed by atoms with E-state index in [1.807, 2.05) is 12.1 Å². The minimum Gasteiger partial charge on any atom is -0.493 e. The summed E-state index contributed by atoms with van der Waals surface area (Å²) in [5.74, 6) is -0.210. The van der Waals surface area contributed by atoms with Gasteiger partial charge in [0.2, 0.25) is 5.91 Å². The fraction of sp³-hybridized carbons (Fsp3) is 0.389. The predicted molar refractivity (Wildman–Crippen MR) is 98.8 cm³/mol. The van der Waals surface area contributed by atoms with Crippen LogP contribution in [0.5, 0.6) is 11.5 Å². The summed E-state index contributed by atoms with van der Waals surface area (Å²) in [6.07, 6.45) is 0.314. The van der Waals surface area contributed by atoms with E-state index in [2.05, 4.69) is 10.3 Å². The molecule has 0 fully saturated rings. The van der Waals surface area contributed by atoms with Gasteiger partial charge in [0.1, 0.15) is 10.5 Å². The summed E-state index contributed by atoms with van der Waals surface area (Å²) in [5.41, 5.74) is 0.156. The summed E-state index contributed by atoms with van der Waals surface area (Å²) in [4.78, 5) is 27.9. The molecule has 1 amide bonds. The second-order valence-corrected chi connectivity index (χ2v) is 6.79. The highest BCUT2D eigenvalue weighted by molar-refractivity contribution is 7.13. The first-order valence-electron chi connectivity index (χ1n) is 8.04. The fourth-order valence-corrected chi connectivity index (χ4v) is 3.12. The fourth-order valence-electron chi connectivity index (χ4n) is 2.30. The van der Waals surface area contributed by atoms with Crippen LogP contribution in [0.2, 0.25) is 0 Å². The second-order valence-electron chi connectivity index (χ2n) is 5.93. The molecule has 1 aromatic heterocycles. The number of nitrogens with one attached hydrogen (secondary N) is 1. The zero-order chi connectivity index (χ0) is 19.3. The Kier molecular flexibility index (Phi) is 6.20. The van der Waals surface area contributed by atoms with Gasteiger partial charge in [0, 0.05) is 10.9 Å². The normalized spacial score (nSPS) is 12.9. The second kappa shape index (κ2) is 8.18. The monoisotopic (exact) mass is 378 g/mol. The zero-order valence-electron chi connectivity index (χ0n) is 15.2. The van der Waals surface area contributed by atoms with Gasteiger partial charge in [0.05, 0.1) is 26.3 Å². The van der Waals surface area contributed by atoms with E-state index in [-0.39, 0.29) is 12.3 Å².